The Labute approximate surface area is 123 Å². The molecule has 2 aromatic carbocycles. The lowest BCUT2D eigenvalue weighted by molar-refractivity contribution is 0.0395. The van der Waals surface area contributed by atoms with Crippen molar-refractivity contribution in [2.75, 3.05) is 0 Å². The van der Waals surface area contributed by atoms with Crippen molar-refractivity contribution >= 4 is 22.5 Å². The Morgan fingerprint density at radius 3 is 2.50 bits per heavy atom. The summed E-state index contributed by atoms with van der Waals surface area (Å²) in [5.74, 6) is 0. The van der Waals surface area contributed by atoms with E-state index in [2.05, 4.69) is 22.8 Å². The summed E-state index contributed by atoms with van der Waals surface area (Å²) in [6, 6.07) is 17.6. The monoisotopic (exact) mass is 285 g/mol. The SMILES string of the molecule is CC(O)(Cn1ccc2ccccc21)c1ccc(Cl)cc1. The van der Waals surface area contributed by atoms with Crippen molar-refractivity contribution in [1.82, 2.24) is 4.57 Å². The number of halogens is 1. The highest BCUT2D eigenvalue weighted by molar-refractivity contribution is 6.30. The van der Waals surface area contributed by atoms with Crippen molar-refractivity contribution < 1.29 is 5.11 Å². The third-order valence-electron chi connectivity index (χ3n) is 3.62. The first-order valence-electron chi connectivity index (χ1n) is 6.58. The van der Waals surface area contributed by atoms with E-state index in [0.29, 0.717) is 11.6 Å². The van der Waals surface area contributed by atoms with Crippen LogP contribution in [0.15, 0.2) is 60.8 Å². The molecule has 1 heterocycles. The molecule has 3 aromatic rings. The molecule has 3 rings (SSSR count). The Bertz CT molecular complexity index is 728. The number of para-hydroxylation sites is 1. The molecule has 20 heavy (non-hydrogen) atoms. The van der Waals surface area contributed by atoms with Gasteiger partial charge in [0, 0.05) is 16.7 Å². The van der Waals surface area contributed by atoms with E-state index in [1.54, 1.807) is 12.1 Å². The molecule has 2 nitrogen and oxygen atoms in total. The molecule has 0 saturated carbocycles. The second kappa shape index (κ2) is 4.97. The van der Waals surface area contributed by atoms with Crippen molar-refractivity contribution in [3.8, 4) is 0 Å². The fourth-order valence-electron chi connectivity index (χ4n) is 2.51. The Morgan fingerprint density at radius 1 is 1.05 bits per heavy atom. The van der Waals surface area contributed by atoms with Gasteiger partial charge in [0.1, 0.15) is 5.60 Å². The summed E-state index contributed by atoms with van der Waals surface area (Å²) in [5.41, 5.74) is 1.05. The minimum atomic E-state index is -0.938. The quantitative estimate of drug-likeness (QED) is 0.766. The predicted octanol–water partition coefficient (Wildman–Crippen LogP) is 4.20. The van der Waals surface area contributed by atoms with E-state index in [-0.39, 0.29) is 0 Å². The van der Waals surface area contributed by atoms with Gasteiger partial charge in [-0.05, 0) is 42.1 Å². The Morgan fingerprint density at radius 2 is 1.75 bits per heavy atom. The second-order valence-corrected chi connectivity index (χ2v) is 5.72. The van der Waals surface area contributed by atoms with Crippen LogP contribution < -0.4 is 0 Å². The van der Waals surface area contributed by atoms with Gasteiger partial charge < -0.3 is 9.67 Å². The molecule has 1 unspecified atom stereocenters. The molecule has 0 spiro atoms. The summed E-state index contributed by atoms with van der Waals surface area (Å²) in [7, 11) is 0. The van der Waals surface area contributed by atoms with Crippen LogP contribution in [-0.4, -0.2) is 9.67 Å². The van der Waals surface area contributed by atoms with Crippen molar-refractivity contribution in [3.63, 3.8) is 0 Å². The molecule has 0 aliphatic carbocycles. The predicted molar refractivity (Wildman–Crippen MR) is 83.0 cm³/mol. The molecule has 0 aliphatic rings. The van der Waals surface area contributed by atoms with Crippen LogP contribution in [0, 0.1) is 0 Å². The zero-order valence-electron chi connectivity index (χ0n) is 11.3. The van der Waals surface area contributed by atoms with Gasteiger partial charge in [-0.2, -0.15) is 0 Å². The number of hydrogen-bond donors (Lipinski definition) is 1. The van der Waals surface area contributed by atoms with Gasteiger partial charge in [0.05, 0.1) is 6.54 Å². The molecule has 0 aliphatic heterocycles. The van der Waals surface area contributed by atoms with E-state index in [1.807, 2.05) is 37.4 Å². The molecule has 0 fully saturated rings. The van der Waals surface area contributed by atoms with Crippen molar-refractivity contribution in [2.24, 2.45) is 0 Å². The van der Waals surface area contributed by atoms with Gasteiger partial charge in [0.2, 0.25) is 0 Å². The third kappa shape index (κ3) is 2.45. The van der Waals surface area contributed by atoms with E-state index in [0.717, 1.165) is 11.1 Å². The first-order valence-corrected chi connectivity index (χ1v) is 6.96. The van der Waals surface area contributed by atoms with Gasteiger partial charge in [-0.1, -0.05) is 41.9 Å². The summed E-state index contributed by atoms with van der Waals surface area (Å²) in [4.78, 5) is 0. The Balaban J connectivity index is 1.94. The number of nitrogens with zero attached hydrogens (tertiary/aromatic N) is 1. The highest BCUT2D eigenvalue weighted by atomic mass is 35.5. The number of benzene rings is 2. The van der Waals surface area contributed by atoms with E-state index < -0.39 is 5.60 Å². The van der Waals surface area contributed by atoms with Crippen LogP contribution >= 0.6 is 11.6 Å². The lowest BCUT2D eigenvalue weighted by atomic mass is 9.96. The molecule has 1 atom stereocenters. The van der Waals surface area contributed by atoms with Crippen LogP contribution in [-0.2, 0) is 12.1 Å². The molecule has 3 heteroatoms. The molecular formula is C17H16ClNO. The average molecular weight is 286 g/mol. The van der Waals surface area contributed by atoms with Gasteiger partial charge in [0.15, 0.2) is 0 Å². The smallest absolute Gasteiger partial charge is 0.105 e. The number of fused-ring (bicyclic) bond motifs is 1. The summed E-state index contributed by atoms with van der Waals surface area (Å²) >= 11 is 5.90. The maximum absolute atomic E-state index is 10.7. The van der Waals surface area contributed by atoms with Crippen LogP contribution in [0.3, 0.4) is 0 Å². The average Bonchev–Trinajstić information content (AvgIpc) is 2.82. The summed E-state index contributed by atoms with van der Waals surface area (Å²) in [6.07, 6.45) is 2.01. The van der Waals surface area contributed by atoms with Gasteiger partial charge >= 0.3 is 0 Å². The van der Waals surface area contributed by atoms with Crippen LogP contribution in [0.5, 0.6) is 0 Å². The van der Waals surface area contributed by atoms with E-state index in [1.165, 1.54) is 5.39 Å². The van der Waals surface area contributed by atoms with Crippen LogP contribution in [0.25, 0.3) is 10.9 Å². The van der Waals surface area contributed by atoms with Crippen molar-refractivity contribution in [2.45, 2.75) is 19.1 Å². The summed E-state index contributed by atoms with van der Waals surface area (Å²) in [6.45, 7) is 2.33. The minimum absolute atomic E-state index is 0.502. The fraction of sp³-hybridized carbons (Fsp3) is 0.176. The van der Waals surface area contributed by atoms with E-state index in [4.69, 9.17) is 11.6 Å². The number of rotatable bonds is 3. The first-order chi connectivity index (χ1) is 9.56. The zero-order valence-corrected chi connectivity index (χ0v) is 12.0. The van der Waals surface area contributed by atoms with Crippen LogP contribution in [0.2, 0.25) is 5.02 Å². The first kappa shape index (κ1) is 13.2. The minimum Gasteiger partial charge on any atom is -0.384 e. The molecular weight excluding hydrogens is 270 g/mol. The van der Waals surface area contributed by atoms with Gasteiger partial charge in [-0.15, -0.1) is 0 Å². The number of aliphatic hydroxyl groups is 1. The standard InChI is InChI=1S/C17H16ClNO/c1-17(20,14-6-8-15(18)9-7-14)12-19-11-10-13-4-2-3-5-16(13)19/h2-11,20H,12H2,1H3. The van der Waals surface area contributed by atoms with Crippen LogP contribution in [0.4, 0.5) is 0 Å². The molecule has 0 amide bonds. The lowest BCUT2D eigenvalue weighted by Gasteiger charge is -2.25. The van der Waals surface area contributed by atoms with E-state index >= 15 is 0 Å². The molecule has 1 aromatic heterocycles. The summed E-state index contributed by atoms with van der Waals surface area (Å²) in [5, 5.41) is 12.6. The van der Waals surface area contributed by atoms with Gasteiger partial charge in [0.25, 0.3) is 0 Å². The van der Waals surface area contributed by atoms with Gasteiger partial charge in [-0.25, -0.2) is 0 Å². The van der Waals surface area contributed by atoms with Crippen molar-refractivity contribution in [3.05, 3.63) is 71.4 Å². The highest BCUT2D eigenvalue weighted by Gasteiger charge is 2.24. The van der Waals surface area contributed by atoms with Crippen molar-refractivity contribution in [1.29, 1.82) is 0 Å². The lowest BCUT2D eigenvalue weighted by Crippen LogP contribution is -2.27. The van der Waals surface area contributed by atoms with Crippen LogP contribution in [0.1, 0.15) is 12.5 Å². The van der Waals surface area contributed by atoms with Gasteiger partial charge in [-0.3, -0.25) is 0 Å². The zero-order chi connectivity index (χ0) is 14.2. The van der Waals surface area contributed by atoms with E-state index in [9.17, 15) is 5.11 Å². The summed E-state index contributed by atoms with van der Waals surface area (Å²) < 4.78 is 2.07. The largest absolute Gasteiger partial charge is 0.384 e. The topological polar surface area (TPSA) is 25.2 Å². The third-order valence-corrected chi connectivity index (χ3v) is 3.88. The molecule has 102 valence electrons. The number of hydrogen-bond acceptors (Lipinski definition) is 1. The normalized spacial score (nSPS) is 14.3. The maximum atomic E-state index is 10.7. The Kier molecular flexibility index (Phi) is 3.28. The molecule has 0 radical (unpaired) electrons. The molecule has 0 bridgehead atoms. The molecule has 0 saturated heterocycles. The fourth-order valence-corrected chi connectivity index (χ4v) is 2.64. The Hall–Kier alpha value is -1.77. The molecule has 1 N–H and O–H groups in total. The highest BCUT2D eigenvalue weighted by Crippen LogP contribution is 2.26. The maximum Gasteiger partial charge on any atom is 0.105 e. The number of aromatic nitrogens is 1. The second-order valence-electron chi connectivity index (χ2n) is 5.28.